The zero-order valence-corrected chi connectivity index (χ0v) is 10.1. The van der Waals surface area contributed by atoms with Gasteiger partial charge in [0.2, 0.25) is 0 Å². The minimum atomic E-state index is 0.668. The van der Waals surface area contributed by atoms with Gasteiger partial charge in [0, 0.05) is 18.6 Å². The Morgan fingerprint density at radius 2 is 1.93 bits per heavy atom. The van der Waals surface area contributed by atoms with Gasteiger partial charge in [0.1, 0.15) is 0 Å². The standard InChI is InChI=1S/C12H26N2/c1-4-11(13-2)10-14(3)12-8-6-5-7-9-12/h11-13H,4-10H2,1-3H3. The molecule has 0 aromatic heterocycles. The van der Waals surface area contributed by atoms with Gasteiger partial charge >= 0.3 is 0 Å². The Morgan fingerprint density at radius 3 is 2.43 bits per heavy atom. The van der Waals surface area contributed by atoms with Crippen LogP contribution >= 0.6 is 0 Å². The van der Waals surface area contributed by atoms with Crippen molar-refractivity contribution in [2.24, 2.45) is 0 Å². The van der Waals surface area contributed by atoms with Crippen molar-refractivity contribution in [3.05, 3.63) is 0 Å². The van der Waals surface area contributed by atoms with Crippen LogP contribution in [0.5, 0.6) is 0 Å². The number of hydrogen-bond acceptors (Lipinski definition) is 2. The van der Waals surface area contributed by atoms with Gasteiger partial charge in [-0.25, -0.2) is 0 Å². The summed E-state index contributed by atoms with van der Waals surface area (Å²) in [5.41, 5.74) is 0. The van der Waals surface area contributed by atoms with Crippen molar-refractivity contribution in [3.8, 4) is 0 Å². The van der Waals surface area contributed by atoms with Crippen molar-refractivity contribution < 1.29 is 0 Å². The number of nitrogens with one attached hydrogen (secondary N) is 1. The quantitative estimate of drug-likeness (QED) is 0.729. The van der Waals surface area contributed by atoms with E-state index in [1.54, 1.807) is 0 Å². The SMILES string of the molecule is CCC(CN(C)C1CCCCC1)NC. The highest BCUT2D eigenvalue weighted by atomic mass is 15.1. The Balaban J connectivity index is 2.27. The van der Waals surface area contributed by atoms with Crippen molar-refractivity contribution >= 4 is 0 Å². The van der Waals surface area contributed by atoms with Crippen LogP contribution < -0.4 is 5.32 Å². The van der Waals surface area contributed by atoms with Crippen LogP contribution in [0.2, 0.25) is 0 Å². The normalized spacial score (nSPS) is 21.4. The molecule has 1 aliphatic carbocycles. The highest BCUT2D eigenvalue weighted by Gasteiger charge is 2.19. The lowest BCUT2D eigenvalue weighted by molar-refractivity contribution is 0.175. The van der Waals surface area contributed by atoms with Crippen LogP contribution in [0.25, 0.3) is 0 Å². The lowest BCUT2D eigenvalue weighted by Gasteiger charge is -2.33. The van der Waals surface area contributed by atoms with Crippen LogP contribution in [0.3, 0.4) is 0 Å². The average molecular weight is 198 g/mol. The molecule has 84 valence electrons. The Morgan fingerprint density at radius 1 is 1.29 bits per heavy atom. The second-order valence-corrected chi connectivity index (χ2v) is 4.63. The fourth-order valence-electron chi connectivity index (χ4n) is 2.44. The fraction of sp³-hybridized carbons (Fsp3) is 1.00. The van der Waals surface area contributed by atoms with Crippen LogP contribution in [0.15, 0.2) is 0 Å². The largest absolute Gasteiger partial charge is 0.316 e. The zero-order valence-electron chi connectivity index (χ0n) is 10.1. The summed E-state index contributed by atoms with van der Waals surface area (Å²) in [6.07, 6.45) is 8.38. The Labute approximate surface area is 89.1 Å². The Kier molecular flexibility index (Phi) is 5.49. The average Bonchev–Trinajstić information content (AvgIpc) is 2.26. The first kappa shape index (κ1) is 12.0. The molecule has 1 saturated carbocycles. The molecule has 1 unspecified atom stereocenters. The van der Waals surface area contributed by atoms with Crippen LogP contribution in [-0.4, -0.2) is 37.6 Å². The van der Waals surface area contributed by atoms with Gasteiger partial charge in [-0.1, -0.05) is 26.2 Å². The van der Waals surface area contributed by atoms with Crippen LogP contribution in [0.4, 0.5) is 0 Å². The van der Waals surface area contributed by atoms with Crippen LogP contribution in [0.1, 0.15) is 45.4 Å². The van der Waals surface area contributed by atoms with Gasteiger partial charge in [0.25, 0.3) is 0 Å². The van der Waals surface area contributed by atoms with Gasteiger partial charge in [-0.3, -0.25) is 0 Å². The predicted octanol–water partition coefficient (Wildman–Crippen LogP) is 2.25. The maximum Gasteiger partial charge on any atom is 0.0189 e. The van der Waals surface area contributed by atoms with E-state index in [0.717, 1.165) is 6.04 Å². The number of hydrogen-bond donors (Lipinski definition) is 1. The summed E-state index contributed by atoms with van der Waals surface area (Å²) in [7, 11) is 4.36. The van der Waals surface area contributed by atoms with E-state index in [1.807, 2.05) is 0 Å². The van der Waals surface area contributed by atoms with Crippen LogP contribution in [-0.2, 0) is 0 Å². The molecule has 0 aromatic carbocycles. The molecule has 0 aromatic rings. The Bertz CT molecular complexity index is 137. The molecule has 1 atom stereocenters. The summed E-state index contributed by atoms with van der Waals surface area (Å²) in [5, 5.41) is 3.38. The van der Waals surface area contributed by atoms with E-state index < -0.39 is 0 Å². The van der Waals surface area contributed by atoms with E-state index in [-0.39, 0.29) is 0 Å². The summed E-state index contributed by atoms with van der Waals surface area (Å²) in [4.78, 5) is 2.56. The van der Waals surface area contributed by atoms with E-state index >= 15 is 0 Å². The number of rotatable bonds is 5. The third-order valence-corrected chi connectivity index (χ3v) is 3.61. The van der Waals surface area contributed by atoms with Crippen LogP contribution in [0, 0.1) is 0 Å². The summed E-state index contributed by atoms with van der Waals surface area (Å²) < 4.78 is 0. The smallest absolute Gasteiger partial charge is 0.0189 e. The van der Waals surface area contributed by atoms with Crippen molar-refractivity contribution in [1.82, 2.24) is 10.2 Å². The van der Waals surface area contributed by atoms with Gasteiger partial charge in [0.05, 0.1) is 0 Å². The van der Waals surface area contributed by atoms with E-state index in [2.05, 4.69) is 31.2 Å². The second kappa shape index (κ2) is 6.41. The maximum absolute atomic E-state index is 3.38. The summed E-state index contributed by atoms with van der Waals surface area (Å²) >= 11 is 0. The third kappa shape index (κ3) is 3.58. The first-order valence-electron chi connectivity index (χ1n) is 6.15. The molecule has 0 heterocycles. The second-order valence-electron chi connectivity index (χ2n) is 4.63. The van der Waals surface area contributed by atoms with Gasteiger partial charge in [0.15, 0.2) is 0 Å². The van der Waals surface area contributed by atoms with Crippen molar-refractivity contribution in [3.63, 3.8) is 0 Å². The zero-order chi connectivity index (χ0) is 10.4. The topological polar surface area (TPSA) is 15.3 Å². The molecule has 0 bridgehead atoms. The fourth-order valence-corrected chi connectivity index (χ4v) is 2.44. The molecule has 0 radical (unpaired) electrons. The maximum atomic E-state index is 3.38. The molecule has 0 saturated heterocycles. The van der Waals surface area contributed by atoms with Gasteiger partial charge < -0.3 is 10.2 Å². The van der Waals surface area contributed by atoms with Crippen molar-refractivity contribution in [2.75, 3.05) is 20.6 Å². The Hall–Kier alpha value is -0.0800. The van der Waals surface area contributed by atoms with E-state index in [0.29, 0.717) is 6.04 Å². The van der Waals surface area contributed by atoms with Gasteiger partial charge in [-0.05, 0) is 33.4 Å². The molecule has 2 heteroatoms. The summed E-state index contributed by atoms with van der Waals surface area (Å²) in [6, 6.07) is 1.52. The minimum absolute atomic E-state index is 0.668. The minimum Gasteiger partial charge on any atom is -0.316 e. The monoisotopic (exact) mass is 198 g/mol. The molecule has 0 aliphatic heterocycles. The van der Waals surface area contributed by atoms with E-state index in [9.17, 15) is 0 Å². The van der Waals surface area contributed by atoms with Gasteiger partial charge in [-0.15, -0.1) is 0 Å². The molecular formula is C12H26N2. The van der Waals surface area contributed by atoms with E-state index in [1.165, 1.54) is 45.1 Å². The molecule has 1 N–H and O–H groups in total. The molecule has 1 rings (SSSR count). The molecule has 0 amide bonds. The highest BCUT2D eigenvalue weighted by molar-refractivity contribution is 4.76. The third-order valence-electron chi connectivity index (χ3n) is 3.61. The predicted molar refractivity (Wildman–Crippen MR) is 62.6 cm³/mol. The van der Waals surface area contributed by atoms with Crippen molar-refractivity contribution in [1.29, 1.82) is 0 Å². The highest BCUT2D eigenvalue weighted by Crippen LogP contribution is 2.21. The van der Waals surface area contributed by atoms with Crippen molar-refractivity contribution in [2.45, 2.75) is 57.5 Å². The molecule has 1 aliphatic rings. The summed E-state index contributed by atoms with van der Waals surface area (Å²) in [5.74, 6) is 0. The number of nitrogens with zero attached hydrogens (tertiary/aromatic N) is 1. The lowest BCUT2D eigenvalue weighted by Crippen LogP contribution is -2.42. The molecule has 14 heavy (non-hydrogen) atoms. The summed E-state index contributed by atoms with van der Waals surface area (Å²) in [6.45, 7) is 3.47. The molecule has 1 fully saturated rings. The lowest BCUT2D eigenvalue weighted by atomic mass is 9.94. The van der Waals surface area contributed by atoms with E-state index in [4.69, 9.17) is 0 Å². The first-order chi connectivity index (χ1) is 6.77. The van der Waals surface area contributed by atoms with Gasteiger partial charge in [-0.2, -0.15) is 0 Å². The number of likely N-dealkylation sites (N-methyl/N-ethyl adjacent to an activating group) is 2. The molecular weight excluding hydrogens is 172 g/mol. The first-order valence-corrected chi connectivity index (χ1v) is 6.15. The molecule has 0 spiro atoms. The molecule has 2 nitrogen and oxygen atoms in total.